The molecule has 4 rings (SSSR count). The molecule has 0 saturated carbocycles. The van der Waals surface area contributed by atoms with Gasteiger partial charge in [0.2, 0.25) is 5.91 Å². The molecule has 3 amide bonds. The van der Waals surface area contributed by atoms with E-state index < -0.39 is 6.09 Å². The van der Waals surface area contributed by atoms with Crippen molar-refractivity contribution in [2.75, 3.05) is 36.1 Å². The summed E-state index contributed by atoms with van der Waals surface area (Å²) in [5.41, 5.74) is 2.47. The summed E-state index contributed by atoms with van der Waals surface area (Å²) in [6, 6.07) is 8.88. The van der Waals surface area contributed by atoms with Crippen LogP contribution in [0.25, 0.3) is 0 Å². The number of amides is 3. The smallest absolute Gasteiger partial charge is 0.399 e. The van der Waals surface area contributed by atoms with E-state index in [1.165, 1.54) is 11.3 Å². The Hall–Kier alpha value is -2.91. The maximum atomic E-state index is 12.5. The average Bonchev–Trinajstić information content (AvgIpc) is 3.27. The van der Waals surface area contributed by atoms with Crippen LogP contribution < -0.4 is 19.9 Å². The van der Waals surface area contributed by atoms with Crippen molar-refractivity contribution in [3.05, 3.63) is 40.8 Å². The van der Waals surface area contributed by atoms with E-state index in [-0.39, 0.29) is 30.9 Å². The van der Waals surface area contributed by atoms with Crippen LogP contribution >= 0.6 is 11.3 Å². The molecule has 0 radical (unpaired) electrons. The summed E-state index contributed by atoms with van der Waals surface area (Å²) in [6.07, 6.45) is -0.352. The van der Waals surface area contributed by atoms with Gasteiger partial charge in [-0.1, -0.05) is 0 Å². The second-order valence-electron chi connectivity index (χ2n) is 7.37. The minimum atomic E-state index is -0.561. The molecule has 3 heterocycles. The number of hydrogen-bond acceptors (Lipinski definition) is 6. The molecule has 0 aliphatic carbocycles. The second-order valence-corrected chi connectivity index (χ2v) is 8.62. The Morgan fingerprint density at radius 2 is 2.00 bits per heavy atom. The third-order valence-corrected chi connectivity index (χ3v) is 6.00. The third-order valence-electron chi connectivity index (χ3n) is 5.12. The molecule has 2 aromatic rings. The molecule has 1 aromatic carbocycles. The van der Waals surface area contributed by atoms with E-state index in [1.807, 2.05) is 38.1 Å². The molecule has 1 aromatic heterocycles. The maximum absolute atomic E-state index is 12.5. The number of ether oxygens (including phenoxy) is 2. The number of rotatable bonds is 4. The highest BCUT2D eigenvalue weighted by atomic mass is 32.1. The molecule has 1 N–H and O–H groups in total. The number of benzene rings is 1. The molecule has 1 atom stereocenters. The van der Waals surface area contributed by atoms with Crippen molar-refractivity contribution in [3.63, 3.8) is 0 Å². The van der Waals surface area contributed by atoms with Gasteiger partial charge in [0.25, 0.3) is 5.91 Å². The first-order valence-electron chi connectivity index (χ1n) is 9.74. The molecule has 8 nitrogen and oxygen atoms in total. The van der Waals surface area contributed by atoms with Gasteiger partial charge in [0, 0.05) is 35.8 Å². The van der Waals surface area contributed by atoms with Crippen LogP contribution in [0.1, 0.15) is 16.9 Å². The Morgan fingerprint density at radius 1 is 1.17 bits per heavy atom. The summed E-state index contributed by atoms with van der Waals surface area (Å²) >= 11 is 1.39. The van der Waals surface area contributed by atoms with Crippen LogP contribution in [0.15, 0.2) is 30.3 Å². The summed E-state index contributed by atoms with van der Waals surface area (Å²) in [5.74, 6) is -0.139. The third kappa shape index (κ3) is 4.31. The molecule has 158 valence electrons. The van der Waals surface area contributed by atoms with E-state index in [0.717, 1.165) is 21.8 Å². The predicted octanol–water partition coefficient (Wildman–Crippen LogP) is 2.62. The number of thiophene rings is 1. The molecule has 0 bridgehead atoms. The van der Waals surface area contributed by atoms with Gasteiger partial charge in [-0.2, -0.15) is 0 Å². The monoisotopic (exact) mass is 429 g/mol. The van der Waals surface area contributed by atoms with Crippen LogP contribution in [0.4, 0.5) is 16.2 Å². The SMILES string of the molecule is Cc1ccc(OC(=O)NC2CC(=O)N(c3ccc(N4CCOCC4=O)c(C)c3)C2)s1. The zero-order chi connectivity index (χ0) is 21.3. The first kappa shape index (κ1) is 20.4. The maximum Gasteiger partial charge on any atom is 0.413 e. The fourth-order valence-electron chi connectivity index (χ4n) is 3.69. The first-order chi connectivity index (χ1) is 14.4. The van der Waals surface area contributed by atoms with Crippen molar-refractivity contribution in [3.8, 4) is 5.06 Å². The Labute approximate surface area is 178 Å². The summed E-state index contributed by atoms with van der Waals surface area (Å²) in [6.45, 7) is 5.32. The molecule has 9 heteroatoms. The van der Waals surface area contributed by atoms with Crippen molar-refractivity contribution < 1.29 is 23.9 Å². The van der Waals surface area contributed by atoms with E-state index in [9.17, 15) is 14.4 Å². The van der Waals surface area contributed by atoms with Gasteiger partial charge in [0.05, 0.1) is 12.6 Å². The fraction of sp³-hybridized carbons (Fsp3) is 0.381. The van der Waals surface area contributed by atoms with Crippen LogP contribution in [0.5, 0.6) is 5.06 Å². The molecular formula is C21H23N3O5S. The molecule has 2 aliphatic heterocycles. The topological polar surface area (TPSA) is 88.2 Å². The Kier molecular flexibility index (Phi) is 5.74. The van der Waals surface area contributed by atoms with Crippen LogP contribution in [0, 0.1) is 13.8 Å². The molecule has 1 unspecified atom stereocenters. The minimum absolute atomic E-state index is 0.0677. The number of morpholine rings is 1. The first-order valence-corrected chi connectivity index (χ1v) is 10.6. The lowest BCUT2D eigenvalue weighted by Crippen LogP contribution is -2.42. The summed E-state index contributed by atoms with van der Waals surface area (Å²) in [5, 5.41) is 3.29. The van der Waals surface area contributed by atoms with Crippen LogP contribution in [-0.4, -0.2) is 50.3 Å². The van der Waals surface area contributed by atoms with E-state index in [2.05, 4.69) is 5.32 Å². The second kappa shape index (κ2) is 8.45. The average molecular weight is 429 g/mol. The number of anilines is 2. The lowest BCUT2D eigenvalue weighted by atomic mass is 10.1. The van der Waals surface area contributed by atoms with Gasteiger partial charge < -0.3 is 24.6 Å². The molecular weight excluding hydrogens is 406 g/mol. The number of carbonyl (C=O) groups is 3. The number of carbonyl (C=O) groups excluding carboxylic acids is 3. The summed E-state index contributed by atoms with van der Waals surface area (Å²) in [7, 11) is 0. The van der Waals surface area contributed by atoms with Crippen LogP contribution in [0.2, 0.25) is 0 Å². The van der Waals surface area contributed by atoms with E-state index >= 15 is 0 Å². The van der Waals surface area contributed by atoms with Gasteiger partial charge in [-0.05, 0) is 49.7 Å². The number of hydrogen-bond donors (Lipinski definition) is 1. The van der Waals surface area contributed by atoms with E-state index in [4.69, 9.17) is 9.47 Å². The van der Waals surface area contributed by atoms with Gasteiger partial charge in [-0.3, -0.25) is 9.59 Å². The van der Waals surface area contributed by atoms with Gasteiger partial charge in [-0.25, -0.2) is 4.79 Å². The standard InChI is InChI=1S/C21H23N3O5S/c1-13-9-16(4-5-17(13)23-7-8-28-12-19(23)26)24-11-15(10-18(24)25)22-21(27)29-20-6-3-14(2)30-20/h3-6,9,15H,7-8,10-12H2,1-2H3,(H,22,27). The minimum Gasteiger partial charge on any atom is -0.399 e. The summed E-state index contributed by atoms with van der Waals surface area (Å²) < 4.78 is 10.5. The lowest BCUT2D eigenvalue weighted by Gasteiger charge is -2.29. The number of aryl methyl sites for hydroxylation is 2. The molecule has 2 aliphatic rings. The van der Waals surface area contributed by atoms with Crippen molar-refractivity contribution >= 4 is 40.6 Å². The van der Waals surface area contributed by atoms with Crippen molar-refractivity contribution in [1.82, 2.24) is 5.32 Å². The highest BCUT2D eigenvalue weighted by molar-refractivity contribution is 7.13. The summed E-state index contributed by atoms with van der Waals surface area (Å²) in [4.78, 5) is 41.2. The molecule has 30 heavy (non-hydrogen) atoms. The molecule has 2 fully saturated rings. The number of nitrogens with zero attached hydrogens (tertiary/aromatic N) is 2. The molecule has 0 spiro atoms. The van der Waals surface area contributed by atoms with Crippen molar-refractivity contribution in [1.29, 1.82) is 0 Å². The number of nitrogens with one attached hydrogen (secondary N) is 1. The highest BCUT2D eigenvalue weighted by Crippen LogP contribution is 2.29. The Morgan fingerprint density at radius 3 is 2.70 bits per heavy atom. The fourth-order valence-corrected chi connectivity index (χ4v) is 4.40. The Bertz CT molecular complexity index is 989. The van der Waals surface area contributed by atoms with Gasteiger partial charge in [0.1, 0.15) is 6.61 Å². The van der Waals surface area contributed by atoms with E-state index in [1.54, 1.807) is 15.9 Å². The van der Waals surface area contributed by atoms with Gasteiger partial charge in [0.15, 0.2) is 5.06 Å². The van der Waals surface area contributed by atoms with Crippen molar-refractivity contribution in [2.24, 2.45) is 0 Å². The van der Waals surface area contributed by atoms with Gasteiger partial charge >= 0.3 is 6.09 Å². The highest BCUT2D eigenvalue weighted by Gasteiger charge is 2.32. The zero-order valence-corrected chi connectivity index (χ0v) is 17.7. The lowest BCUT2D eigenvalue weighted by molar-refractivity contribution is -0.125. The van der Waals surface area contributed by atoms with E-state index in [0.29, 0.717) is 24.8 Å². The zero-order valence-electron chi connectivity index (χ0n) is 16.8. The normalized spacial score (nSPS) is 19.3. The van der Waals surface area contributed by atoms with Gasteiger partial charge in [-0.15, -0.1) is 11.3 Å². The Balaban J connectivity index is 1.40. The van der Waals surface area contributed by atoms with Crippen molar-refractivity contribution in [2.45, 2.75) is 26.3 Å². The quantitative estimate of drug-likeness (QED) is 0.807. The largest absolute Gasteiger partial charge is 0.413 e. The van der Waals surface area contributed by atoms with Crippen LogP contribution in [0.3, 0.4) is 0 Å². The van der Waals surface area contributed by atoms with Crippen LogP contribution in [-0.2, 0) is 14.3 Å². The molecule has 2 saturated heterocycles. The predicted molar refractivity (Wildman–Crippen MR) is 113 cm³/mol.